The van der Waals surface area contributed by atoms with Gasteiger partial charge in [-0.2, -0.15) is 11.8 Å². The molecule has 5 heteroatoms. The van der Waals surface area contributed by atoms with Gasteiger partial charge in [-0.25, -0.2) is 9.97 Å². The predicted molar refractivity (Wildman–Crippen MR) is 71.9 cm³/mol. The zero-order valence-electron chi connectivity index (χ0n) is 9.96. The van der Waals surface area contributed by atoms with E-state index in [1.165, 1.54) is 17.0 Å². The summed E-state index contributed by atoms with van der Waals surface area (Å²) in [5.41, 5.74) is 2.33. The SMILES string of the molecule is CCc1ncn2ccnc(N3CCSCC3)c12. The van der Waals surface area contributed by atoms with Crippen molar-refractivity contribution in [2.45, 2.75) is 13.3 Å². The van der Waals surface area contributed by atoms with Gasteiger partial charge >= 0.3 is 0 Å². The molecule has 17 heavy (non-hydrogen) atoms. The highest BCUT2D eigenvalue weighted by atomic mass is 32.2. The van der Waals surface area contributed by atoms with E-state index in [0.29, 0.717) is 0 Å². The Labute approximate surface area is 105 Å². The Bertz CT molecular complexity index is 516. The monoisotopic (exact) mass is 248 g/mol. The molecule has 4 nitrogen and oxygen atoms in total. The third-order valence-corrected chi connectivity index (χ3v) is 4.09. The van der Waals surface area contributed by atoms with Gasteiger partial charge in [0.05, 0.1) is 12.0 Å². The summed E-state index contributed by atoms with van der Waals surface area (Å²) in [4.78, 5) is 11.4. The highest BCUT2D eigenvalue weighted by molar-refractivity contribution is 7.99. The topological polar surface area (TPSA) is 33.4 Å². The lowest BCUT2D eigenvalue weighted by atomic mass is 10.3. The second-order valence-electron chi connectivity index (χ2n) is 4.15. The molecule has 0 aromatic carbocycles. The van der Waals surface area contributed by atoms with Gasteiger partial charge in [0, 0.05) is 37.0 Å². The highest BCUT2D eigenvalue weighted by Gasteiger charge is 2.17. The molecule has 0 spiro atoms. The quantitative estimate of drug-likeness (QED) is 0.812. The van der Waals surface area contributed by atoms with Crippen LogP contribution >= 0.6 is 11.8 Å². The van der Waals surface area contributed by atoms with Crippen molar-refractivity contribution in [2.75, 3.05) is 29.5 Å². The molecule has 3 heterocycles. The fourth-order valence-corrected chi connectivity index (χ4v) is 3.16. The van der Waals surface area contributed by atoms with Gasteiger partial charge < -0.3 is 9.30 Å². The first kappa shape index (κ1) is 10.9. The smallest absolute Gasteiger partial charge is 0.154 e. The number of hydrogen-bond donors (Lipinski definition) is 0. The van der Waals surface area contributed by atoms with Gasteiger partial charge in [0.2, 0.25) is 0 Å². The number of hydrogen-bond acceptors (Lipinski definition) is 4. The van der Waals surface area contributed by atoms with Gasteiger partial charge in [-0.05, 0) is 6.42 Å². The molecular weight excluding hydrogens is 232 g/mol. The fourth-order valence-electron chi connectivity index (χ4n) is 2.26. The number of nitrogens with zero attached hydrogens (tertiary/aromatic N) is 4. The summed E-state index contributed by atoms with van der Waals surface area (Å²) in [6, 6.07) is 0. The van der Waals surface area contributed by atoms with Crippen LogP contribution in [0.1, 0.15) is 12.6 Å². The van der Waals surface area contributed by atoms with Gasteiger partial charge in [-0.3, -0.25) is 0 Å². The maximum atomic E-state index is 4.57. The van der Waals surface area contributed by atoms with E-state index in [-0.39, 0.29) is 0 Å². The molecule has 1 saturated heterocycles. The van der Waals surface area contributed by atoms with Crippen molar-refractivity contribution in [3.63, 3.8) is 0 Å². The molecule has 0 saturated carbocycles. The van der Waals surface area contributed by atoms with Crippen LogP contribution in [-0.4, -0.2) is 39.0 Å². The van der Waals surface area contributed by atoms with Crippen LogP contribution < -0.4 is 4.90 Å². The van der Waals surface area contributed by atoms with Gasteiger partial charge in [0.15, 0.2) is 5.82 Å². The van der Waals surface area contributed by atoms with Crippen molar-refractivity contribution >= 4 is 23.1 Å². The van der Waals surface area contributed by atoms with Gasteiger partial charge in [0.25, 0.3) is 0 Å². The summed E-state index contributed by atoms with van der Waals surface area (Å²) in [6.07, 6.45) is 6.69. The molecule has 0 aliphatic carbocycles. The average molecular weight is 248 g/mol. The molecule has 2 aromatic heterocycles. The van der Waals surface area contributed by atoms with E-state index in [1.54, 1.807) is 0 Å². The first-order chi connectivity index (χ1) is 8.40. The van der Waals surface area contributed by atoms with Crippen LogP contribution in [0.4, 0.5) is 5.82 Å². The number of fused-ring (bicyclic) bond motifs is 1. The van der Waals surface area contributed by atoms with E-state index in [1.807, 2.05) is 30.5 Å². The van der Waals surface area contributed by atoms with Crippen molar-refractivity contribution in [1.29, 1.82) is 0 Å². The Morgan fingerprint density at radius 3 is 2.88 bits per heavy atom. The van der Waals surface area contributed by atoms with Gasteiger partial charge in [-0.1, -0.05) is 6.92 Å². The zero-order chi connectivity index (χ0) is 11.7. The average Bonchev–Trinajstić information content (AvgIpc) is 2.82. The van der Waals surface area contributed by atoms with Crippen molar-refractivity contribution < 1.29 is 0 Å². The van der Waals surface area contributed by atoms with E-state index >= 15 is 0 Å². The minimum absolute atomic E-state index is 0.956. The van der Waals surface area contributed by atoms with Crippen LogP contribution in [-0.2, 0) is 6.42 Å². The summed E-state index contributed by atoms with van der Waals surface area (Å²) in [7, 11) is 0. The first-order valence-electron chi connectivity index (χ1n) is 6.03. The number of aromatic nitrogens is 3. The second-order valence-corrected chi connectivity index (χ2v) is 5.38. The maximum Gasteiger partial charge on any atom is 0.154 e. The summed E-state index contributed by atoms with van der Waals surface area (Å²) in [6.45, 7) is 4.32. The van der Waals surface area contributed by atoms with Crippen molar-refractivity contribution in [3.8, 4) is 0 Å². The van der Waals surface area contributed by atoms with E-state index in [0.717, 1.165) is 31.0 Å². The Morgan fingerprint density at radius 1 is 1.29 bits per heavy atom. The number of thioether (sulfide) groups is 1. The number of rotatable bonds is 2. The summed E-state index contributed by atoms with van der Waals surface area (Å²) in [5.74, 6) is 3.48. The molecular formula is C12H16N4S. The van der Waals surface area contributed by atoms with Gasteiger partial charge in [0.1, 0.15) is 5.52 Å². The van der Waals surface area contributed by atoms with E-state index in [9.17, 15) is 0 Å². The second kappa shape index (κ2) is 4.56. The summed E-state index contributed by atoms with van der Waals surface area (Å²) in [5, 5.41) is 0. The van der Waals surface area contributed by atoms with E-state index in [2.05, 4.69) is 26.2 Å². The molecule has 90 valence electrons. The summed E-state index contributed by atoms with van der Waals surface area (Å²) < 4.78 is 2.09. The molecule has 0 unspecified atom stereocenters. The molecule has 2 aromatic rings. The largest absolute Gasteiger partial charge is 0.353 e. The molecule has 0 atom stereocenters. The number of aryl methyl sites for hydroxylation is 1. The molecule has 0 radical (unpaired) electrons. The lowest BCUT2D eigenvalue weighted by molar-refractivity contribution is 0.837. The predicted octanol–water partition coefficient (Wildman–Crippen LogP) is 1.84. The molecule has 0 N–H and O–H groups in total. The van der Waals surface area contributed by atoms with Crippen molar-refractivity contribution in [1.82, 2.24) is 14.4 Å². The van der Waals surface area contributed by atoms with Crippen LogP contribution in [0.25, 0.3) is 5.52 Å². The Morgan fingerprint density at radius 2 is 2.12 bits per heavy atom. The highest BCUT2D eigenvalue weighted by Crippen LogP contribution is 2.24. The lowest BCUT2D eigenvalue weighted by Gasteiger charge is -2.28. The third kappa shape index (κ3) is 1.88. The number of anilines is 1. The van der Waals surface area contributed by atoms with Crippen molar-refractivity contribution in [2.24, 2.45) is 0 Å². The van der Waals surface area contributed by atoms with Crippen LogP contribution in [0.3, 0.4) is 0 Å². The normalized spacial score (nSPS) is 16.6. The minimum atomic E-state index is 0.956. The molecule has 0 bridgehead atoms. The number of imidazole rings is 1. The summed E-state index contributed by atoms with van der Waals surface area (Å²) >= 11 is 2.02. The van der Waals surface area contributed by atoms with Crippen LogP contribution in [0.15, 0.2) is 18.7 Å². The Kier molecular flexibility index (Phi) is 2.93. The minimum Gasteiger partial charge on any atom is -0.353 e. The zero-order valence-corrected chi connectivity index (χ0v) is 10.8. The van der Waals surface area contributed by atoms with Crippen LogP contribution in [0.5, 0.6) is 0 Å². The fraction of sp³-hybridized carbons (Fsp3) is 0.500. The lowest BCUT2D eigenvalue weighted by Crippen LogP contribution is -2.33. The van der Waals surface area contributed by atoms with E-state index in [4.69, 9.17) is 0 Å². The van der Waals surface area contributed by atoms with Gasteiger partial charge in [-0.15, -0.1) is 0 Å². The van der Waals surface area contributed by atoms with Crippen molar-refractivity contribution in [3.05, 3.63) is 24.4 Å². The molecule has 1 aliphatic rings. The molecule has 0 amide bonds. The van der Waals surface area contributed by atoms with Crippen LogP contribution in [0.2, 0.25) is 0 Å². The third-order valence-electron chi connectivity index (χ3n) is 3.15. The standard InChI is InChI=1S/C12H16N4S/c1-2-10-11-12(15-5-7-17-8-6-15)13-3-4-16(11)9-14-10/h3-4,9H,2,5-8H2,1H3. The maximum absolute atomic E-state index is 4.57. The first-order valence-corrected chi connectivity index (χ1v) is 7.19. The Balaban J connectivity index is 2.10. The Hall–Kier alpha value is -1.23. The van der Waals surface area contributed by atoms with E-state index < -0.39 is 0 Å². The van der Waals surface area contributed by atoms with Crippen LogP contribution in [0, 0.1) is 0 Å². The molecule has 1 fully saturated rings. The molecule has 1 aliphatic heterocycles. The molecule has 3 rings (SSSR count).